The van der Waals surface area contributed by atoms with Crippen LogP contribution in [0, 0.1) is 11.6 Å². The summed E-state index contributed by atoms with van der Waals surface area (Å²) in [5.41, 5.74) is -0.503. The van der Waals surface area contributed by atoms with Crippen molar-refractivity contribution in [3.63, 3.8) is 0 Å². The zero-order valence-corrected chi connectivity index (χ0v) is 24.0. The smallest absolute Gasteiger partial charge is 0.268 e. The number of hydrogen-bond acceptors (Lipinski definition) is 8. The van der Waals surface area contributed by atoms with Crippen LogP contribution in [-0.4, -0.2) is 38.6 Å². The van der Waals surface area contributed by atoms with Crippen molar-refractivity contribution in [2.45, 2.75) is 9.79 Å². The molecule has 2 heterocycles. The minimum Gasteiger partial charge on any atom is -0.268 e. The summed E-state index contributed by atoms with van der Waals surface area (Å²) in [5, 5.41) is 0. The lowest BCUT2D eigenvalue weighted by Crippen LogP contribution is -2.38. The molecule has 2 amide bonds. The van der Waals surface area contributed by atoms with Gasteiger partial charge in [-0.3, -0.25) is 19.6 Å². The highest BCUT2D eigenvalue weighted by Crippen LogP contribution is 2.31. The monoisotopic (exact) mass is 634 g/mol. The topological polar surface area (TPSA) is 135 Å². The Bertz CT molecular complexity index is 1880. The second-order valence-corrected chi connectivity index (χ2v) is 12.6. The van der Waals surface area contributed by atoms with Crippen molar-refractivity contribution in [1.82, 2.24) is 9.97 Å². The van der Waals surface area contributed by atoms with Crippen molar-refractivity contribution >= 4 is 43.2 Å². The van der Waals surface area contributed by atoms with Crippen molar-refractivity contribution in [1.29, 1.82) is 0 Å². The van der Waals surface area contributed by atoms with Gasteiger partial charge in [0.05, 0.1) is 21.2 Å². The quantitative estimate of drug-likeness (QED) is 0.237. The summed E-state index contributed by atoms with van der Waals surface area (Å²) in [7, 11) is -9.26. The lowest BCUT2D eigenvalue weighted by molar-refractivity contribution is 0.0996. The number of sulfonamides is 2. The zero-order valence-electron chi connectivity index (χ0n) is 22.4. The van der Waals surface area contributed by atoms with Gasteiger partial charge in [0.2, 0.25) is 0 Å². The molecule has 0 aliphatic carbocycles. The van der Waals surface area contributed by atoms with E-state index >= 15 is 0 Å². The number of benzene rings is 3. The van der Waals surface area contributed by atoms with Crippen molar-refractivity contribution < 1.29 is 35.2 Å². The molecule has 222 valence electrons. The SMILES string of the molecule is O=C(c1ccncc1)N(c1ccc(N(C(=O)c2ccncc2)S(=O)(=O)c2ccc(F)cc2)cc1)S(=O)(=O)c1ccc(F)cc1. The van der Waals surface area contributed by atoms with E-state index in [1.807, 2.05) is 0 Å². The van der Waals surface area contributed by atoms with Crippen molar-refractivity contribution in [3.8, 4) is 0 Å². The fourth-order valence-corrected chi connectivity index (χ4v) is 6.93. The fraction of sp³-hybridized carbons (Fsp3) is 0. The van der Waals surface area contributed by atoms with Gasteiger partial charge in [-0.25, -0.2) is 25.6 Å². The van der Waals surface area contributed by atoms with Crippen LogP contribution in [0.3, 0.4) is 0 Å². The number of aromatic nitrogens is 2. The Hall–Kier alpha value is -5.34. The first-order valence-corrected chi connectivity index (χ1v) is 15.5. The van der Waals surface area contributed by atoms with E-state index in [1.165, 1.54) is 49.1 Å². The summed E-state index contributed by atoms with van der Waals surface area (Å²) < 4.78 is 83.0. The molecule has 10 nitrogen and oxygen atoms in total. The van der Waals surface area contributed by atoms with Gasteiger partial charge in [0.1, 0.15) is 11.6 Å². The maximum Gasteiger partial charge on any atom is 0.272 e. The molecule has 0 radical (unpaired) electrons. The molecule has 0 unspecified atom stereocenters. The van der Waals surface area contributed by atoms with Crippen molar-refractivity contribution in [3.05, 3.63) is 145 Å². The van der Waals surface area contributed by atoms with Crippen LogP contribution < -0.4 is 8.61 Å². The van der Waals surface area contributed by atoms with Gasteiger partial charge in [0.15, 0.2) is 0 Å². The molecule has 0 saturated carbocycles. The molecule has 14 heteroatoms. The first-order chi connectivity index (χ1) is 21.0. The molecule has 5 rings (SSSR count). The molecule has 0 fully saturated rings. The summed E-state index contributed by atoms with van der Waals surface area (Å²) in [6, 6.07) is 17.4. The number of hydrogen-bond donors (Lipinski definition) is 0. The van der Waals surface area contributed by atoms with Crippen molar-refractivity contribution in [2.24, 2.45) is 0 Å². The lowest BCUT2D eigenvalue weighted by atomic mass is 10.2. The molecular formula is C30H20F2N4O6S2. The third-order valence-corrected chi connectivity index (χ3v) is 9.70. The molecular weight excluding hydrogens is 614 g/mol. The zero-order chi connectivity index (χ0) is 31.5. The molecule has 0 aliphatic heterocycles. The Kier molecular flexibility index (Phi) is 8.29. The van der Waals surface area contributed by atoms with Gasteiger partial charge in [0.25, 0.3) is 31.9 Å². The predicted molar refractivity (Wildman–Crippen MR) is 156 cm³/mol. The largest absolute Gasteiger partial charge is 0.272 e. The number of halogens is 2. The normalized spacial score (nSPS) is 11.5. The van der Waals surface area contributed by atoms with Crippen LogP contribution in [0.2, 0.25) is 0 Å². The van der Waals surface area contributed by atoms with Gasteiger partial charge in [-0.1, -0.05) is 0 Å². The summed E-state index contributed by atoms with van der Waals surface area (Å²) >= 11 is 0. The Labute approximate surface area is 251 Å². The average Bonchev–Trinajstić information content (AvgIpc) is 3.03. The summed E-state index contributed by atoms with van der Waals surface area (Å²) in [4.78, 5) is 34.0. The fourth-order valence-electron chi connectivity index (χ4n) is 4.10. The minimum absolute atomic E-state index is 0.0388. The molecule has 0 aliphatic rings. The van der Waals surface area contributed by atoms with Crippen LogP contribution in [0.25, 0.3) is 0 Å². The highest BCUT2D eigenvalue weighted by molar-refractivity contribution is 7.94. The molecule has 2 aromatic heterocycles. The standard InChI is InChI=1S/C30H20F2N4O6S2/c31-23-1-9-27(10-2-23)43(39,40)35(29(37)21-13-17-33-18-14-21)25-5-7-26(8-6-25)36(30(38)22-15-19-34-20-16-22)44(41,42)28-11-3-24(32)4-12-28/h1-20H. The molecule has 0 bridgehead atoms. The second-order valence-electron chi connectivity index (χ2n) is 9.05. The maximum absolute atomic E-state index is 13.7. The van der Waals surface area contributed by atoms with Gasteiger partial charge in [-0.15, -0.1) is 0 Å². The lowest BCUT2D eigenvalue weighted by Gasteiger charge is -2.25. The van der Waals surface area contributed by atoms with Crippen LogP contribution >= 0.6 is 0 Å². The number of amides is 2. The van der Waals surface area contributed by atoms with Crippen LogP contribution in [0.5, 0.6) is 0 Å². The Balaban J connectivity index is 1.63. The number of carbonyl (C=O) groups is 2. The van der Waals surface area contributed by atoms with E-state index in [2.05, 4.69) is 9.97 Å². The Morgan fingerprint density at radius 1 is 0.477 bits per heavy atom. The number of nitrogens with zero attached hydrogens (tertiary/aromatic N) is 4. The number of pyridine rings is 2. The molecule has 0 N–H and O–H groups in total. The average molecular weight is 635 g/mol. The number of anilines is 2. The first kappa shape index (κ1) is 30.1. The minimum atomic E-state index is -4.63. The molecule has 0 saturated heterocycles. The highest BCUT2D eigenvalue weighted by Gasteiger charge is 2.35. The summed E-state index contributed by atoms with van der Waals surface area (Å²) in [5.74, 6) is -3.34. The molecule has 0 spiro atoms. The van der Waals surface area contributed by atoms with E-state index in [0.29, 0.717) is 8.61 Å². The summed E-state index contributed by atoms with van der Waals surface area (Å²) in [6.45, 7) is 0. The number of carbonyl (C=O) groups excluding carboxylic acids is 2. The van der Waals surface area contributed by atoms with Gasteiger partial charge in [-0.05, 0) is 97.1 Å². The second kappa shape index (κ2) is 12.1. The van der Waals surface area contributed by atoms with E-state index in [1.54, 1.807) is 0 Å². The van der Waals surface area contributed by atoms with Gasteiger partial charge < -0.3 is 0 Å². The predicted octanol–water partition coefficient (Wildman–Crippen LogP) is 4.83. The molecule has 44 heavy (non-hydrogen) atoms. The van der Waals surface area contributed by atoms with Crippen LogP contribution in [-0.2, 0) is 20.0 Å². The van der Waals surface area contributed by atoms with Crippen molar-refractivity contribution in [2.75, 3.05) is 8.61 Å². The van der Waals surface area contributed by atoms with Gasteiger partial charge in [0, 0.05) is 35.9 Å². The third-order valence-electron chi connectivity index (χ3n) is 6.25. The van der Waals surface area contributed by atoms with E-state index in [0.717, 1.165) is 72.8 Å². The third kappa shape index (κ3) is 5.93. The van der Waals surface area contributed by atoms with E-state index in [-0.39, 0.29) is 22.5 Å². The Morgan fingerprint density at radius 2 is 0.773 bits per heavy atom. The highest BCUT2D eigenvalue weighted by atomic mass is 32.2. The van der Waals surface area contributed by atoms with Crippen LogP contribution in [0.1, 0.15) is 20.7 Å². The molecule has 5 aromatic rings. The summed E-state index contributed by atoms with van der Waals surface area (Å²) in [6.07, 6.45) is 5.17. The molecule has 3 aromatic carbocycles. The first-order valence-electron chi connectivity index (χ1n) is 12.6. The van der Waals surface area contributed by atoms with E-state index in [4.69, 9.17) is 0 Å². The molecule has 0 atom stereocenters. The maximum atomic E-state index is 13.7. The van der Waals surface area contributed by atoms with Gasteiger partial charge >= 0.3 is 0 Å². The van der Waals surface area contributed by atoms with E-state index in [9.17, 15) is 35.2 Å². The Morgan fingerprint density at radius 3 is 1.07 bits per heavy atom. The van der Waals surface area contributed by atoms with Gasteiger partial charge in [-0.2, -0.15) is 8.61 Å². The van der Waals surface area contributed by atoms with E-state index < -0.39 is 53.3 Å². The van der Waals surface area contributed by atoms with Crippen LogP contribution in [0.15, 0.2) is 132 Å². The number of rotatable bonds is 8. The van der Waals surface area contributed by atoms with Crippen LogP contribution in [0.4, 0.5) is 20.2 Å².